The van der Waals surface area contributed by atoms with Gasteiger partial charge >= 0.3 is 0 Å². The van der Waals surface area contributed by atoms with E-state index in [1.165, 1.54) is 0 Å². The maximum absolute atomic E-state index is 12.3. The number of aryl methyl sites for hydroxylation is 1. The predicted octanol–water partition coefficient (Wildman–Crippen LogP) is 0.0868. The molecule has 0 unspecified atom stereocenters. The topological polar surface area (TPSA) is 111 Å². The summed E-state index contributed by atoms with van der Waals surface area (Å²) >= 11 is 0. The van der Waals surface area contributed by atoms with Crippen LogP contribution in [0.2, 0.25) is 0 Å². The Morgan fingerprint density at radius 3 is 2.30 bits per heavy atom. The van der Waals surface area contributed by atoms with Crippen LogP contribution in [-0.4, -0.2) is 81.1 Å². The average molecular weight is 377 g/mol. The van der Waals surface area contributed by atoms with Gasteiger partial charge in [-0.15, -0.1) is 0 Å². The molecule has 2 amide bonds. The van der Waals surface area contributed by atoms with Crippen molar-refractivity contribution in [3.8, 4) is 6.07 Å². The van der Waals surface area contributed by atoms with Crippen molar-refractivity contribution in [1.82, 2.24) is 15.1 Å². The van der Waals surface area contributed by atoms with Crippen molar-refractivity contribution < 1.29 is 18.7 Å². The van der Waals surface area contributed by atoms with Crippen molar-refractivity contribution in [3.05, 3.63) is 16.9 Å². The number of piperazine rings is 1. The van der Waals surface area contributed by atoms with Crippen molar-refractivity contribution in [3.63, 3.8) is 0 Å². The summed E-state index contributed by atoms with van der Waals surface area (Å²) in [4.78, 5) is 28.2. The quantitative estimate of drug-likeness (QED) is 0.618. The third-order valence-corrected chi connectivity index (χ3v) is 4.58. The van der Waals surface area contributed by atoms with Gasteiger partial charge < -0.3 is 14.5 Å². The molecule has 0 atom stereocenters. The van der Waals surface area contributed by atoms with Gasteiger partial charge in [0, 0.05) is 45.4 Å². The molecule has 2 N–H and O–H groups in total. The predicted molar refractivity (Wildman–Crippen MR) is 99.3 cm³/mol. The molecule has 1 aliphatic heterocycles. The van der Waals surface area contributed by atoms with Crippen molar-refractivity contribution in [2.24, 2.45) is 0 Å². The molecule has 1 aromatic heterocycles. The molecule has 0 aliphatic carbocycles. The lowest BCUT2D eigenvalue weighted by molar-refractivity contribution is -0.123. The number of nitrogens with zero attached hydrogens (tertiary/aromatic N) is 3. The van der Waals surface area contributed by atoms with E-state index in [1.54, 1.807) is 21.0 Å². The van der Waals surface area contributed by atoms with E-state index in [4.69, 9.17) is 9.15 Å². The Balaban J connectivity index is 1.74. The molecule has 0 aromatic carbocycles. The van der Waals surface area contributed by atoms with E-state index < -0.39 is 0 Å². The second-order valence-electron chi connectivity index (χ2n) is 6.54. The largest absolute Gasteiger partial charge is 0.444 e. The van der Waals surface area contributed by atoms with Crippen molar-refractivity contribution in [2.75, 3.05) is 64.8 Å². The first-order valence-corrected chi connectivity index (χ1v) is 8.95. The maximum Gasteiger partial charge on any atom is 0.240 e. The minimum absolute atomic E-state index is 0.0224. The summed E-state index contributed by atoms with van der Waals surface area (Å²) in [5.41, 5.74) is 1.11. The standard InChI is InChI=1S/C18H27N5O4/c1-13-14(2)27-18(15(13)10-19)21-17(25)12-23-7-5-22(6-8-23)11-16(24)20-4-9-26-3/h4-9,11-12H2,1-3H3,(H,20,24)(H,21,25). The first-order valence-electron chi connectivity index (χ1n) is 8.95. The highest BCUT2D eigenvalue weighted by molar-refractivity contribution is 5.92. The molecule has 0 saturated carbocycles. The molecule has 1 aromatic rings. The first kappa shape index (κ1) is 20.9. The van der Waals surface area contributed by atoms with Gasteiger partial charge in [0.25, 0.3) is 0 Å². The molecule has 1 aliphatic rings. The lowest BCUT2D eigenvalue weighted by Crippen LogP contribution is -2.51. The van der Waals surface area contributed by atoms with Crippen LogP contribution in [0.1, 0.15) is 16.9 Å². The van der Waals surface area contributed by atoms with Gasteiger partial charge in [0.05, 0.1) is 19.7 Å². The number of anilines is 1. The molecule has 9 nitrogen and oxygen atoms in total. The molecule has 2 heterocycles. The number of methoxy groups -OCH3 is 1. The van der Waals surface area contributed by atoms with Gasteiger partial charge in [0.15, 0.2) is 0 Å². The van der Waals surface area contributed by atoms with E-state index in [2.05, 4.69) is 21.6 Å². The van der Waals surface area contributed by atoms with Gasteiger partial charge in [-0.25, -0.2) is 0 Å². The lowest BCUT2D eigenvalue weighted by Gasteiger charge is -2.33. The zero-order valence-electron chi connectivity index (χ0n) is 16.1. The molecule has 148 valence electrons. The Hall–Kier alpha value is -2.41. The zero-order chi connectivity index (χ0) is 19.8. The number of hydrogen-bond acceptors (Lipinski definition) is 7. The average Bonchev–Trinajstić information content (AvgIpc) is 2.90. The van der Waals surface area contributed by atoms with E-state index in [-0.39, 0.29) is 24.2 Å². The zero-order valence-corrected chi connectivity index (χ0v) is 16.1. The van der Waals surface area contributed by atoms with E-state index in [0.29, 0.717) is 57.2 Å². The smallest absolute Gasteiger partial charge is 0.240 e. The summed E-state index contributed by atoms with van der Waals surface area (Å²) in [6, 6.07) is 2.06. The number of carbonyl (C=O) groups excluding carboxylic acids is 2. The van der Waals surface area contributed by atoms with E-state index in [1.807, 2.05) is 4.90 Å². The van der Waals surface area contributed by atoms with E-state index in [9.17, 15) is 14.9 Å². The summed E-state index contributed by atoms with van der Waals surface area (Å²) in [6.45, 7) is 7.94. The molecule has 27 heavy (non-hydrogen) atoms. The first-order chi connectivity index (χ1) is 12.9. The highest BCUT2D eigenvalue weighted by atomic mass is 16.5. The van der Waals surface area contributed by atoms with Crippen molar-refractivity contribution in [2.45, 2.75) is 13.8 Å². The number of carbonyl (C=O) groups is 2. The van der Waals surface area contributed by atoms with E-state index in [0.717, 1.165) is 5.56 Å². The van der Waals surface area contributed by atoms with Gasteiger partial charge in [-0.1, -0.05) is 0 Å². The summed E-state index contributed by atoms with van der Waals surface area (Å²) < 4.78 is 10.4. The molecule has 1 fully saturated rings. The van der Waals surface area contributed by atoms with Crippen LogP contribution in [0.4, 0.5) is 5.88 Å². The number of amides is 2. The third kappa shape index (κ3) is 6.06. The molecular formula is C18H27N5O4. The third-order valence-electron chi connectivity index (χ3n) is 4.58. The van der Waals surface area contributed by atoms with Gasteiger partial charge in [-0.2, -0.15) is 5.26 Å². The van der Waals surface area contributed by atoms with Crippen LogP contribution < -0.4 is 10.6 Å². The van der Waals surface area contributed by atoms with Gasteiger partial charge in [-0.05, 0) is 13.8 Å². The maximum atomic E-state index is 12.3. The fourth-order valence-corrected chi connectivity index (χ4v) is 2.88. The van der Waals surface area contributed by atoms with Crippen LogP contribution in [0, 0.1) is 25.2 Å². The molecule has 0 spiro atoms. The minimum Gasteiger partial charge on any atom is -0.444 e. The minimum atomic E-state index is -0.217. The number of rotatable bonds is 8. The van der Waals surface area contributed by atoms with Crippen LogP contribution in [0.3, 0.4) is 0 Å². The fourth-order valence-electron chi connectivity index (χ4n) is 2.88. The molecule has 0 radical (unpaired) electrons. The summed E-state index contributed by atoms with van der Waals surface area (Å²) in [5.74, 6) is 0.597. The van der Waals surface area contributed by atoms with Gasteiger partial charge in [0.1, 0.15) is 17.4 Å². The number of ether oxygens (including phenoxy) is 1. The van der Waals surface area contributed by atoms with Crippen LogP contribution in [0.25, 0.3) is 0 Å². The van der Waals surface area contributed by atoms with Crippen molar-refractivity contribution >= 4 is 17.7 Å². The lowest BCUT2D eigenvalue weighted by atomic mass is 10.2. The SMILES string of the molecule is COCCNC(=O)CN1CCN(CC(=O)Nc2oc(C)c(C)c2C#N)CC1. The Labute approximate surface area is 159 Å². The number of hydrogen-bond donors (Lipinski definition) is 2. The molecule has 1 saturated heterocycles. The Kier molecular flexibility index (Phi) is 7.79. The summed E-state index contributed by atoms with van der Waals surface area (Å²) in [7, 11) is 1.59. The highest BCUT2D eigenvalue weighted by Gasteiger charge is 2.22. The van der Waals surface area contributed by atoms with Crippen LogP contribution in [-0.2, 0) is 14.3 Å². The second kappa shape index (κ2) is 10.1. The normalized spacial score (nSPS) is 15.3. The van der Waals surface area contributed by atoms with E-state index >= 15 is 0 Å². The molecule has 2 rings (SSSR count). The second-order valence-corrected chi connectivity index (χ2v) is 6.54. The molecular weight excluding hydrogens is 350 g/mol. The van der Waals surface area contributed by atoms with Crippen LogP contribution >= 0.6 is 0 Å². The van der Waals surface area contributed by atoms with Gasteiger partial charge in [-0.3, -0.25) is 24.7 Å². The summed E-state index contributed by atoms with van der Waals surface area (Å²) in [6.07, 6.45) is 0. The molecule has 0 bridgehead atoms. The van der Waals surface area contributed by atoms with Crippen LogP contribution in [0.15, 0.2) is 4.42 Å². The number of nitrogens with one attached hydrogen (secondary N) is 2. The summed E-state index contributed by atoms with van der Waals surface area (Å²) in [5, 5.41) is 14.7. The number of nitriles is 1. The van der Waals surface area contributed by atoms with Gasteiger partial charge in [0.2, 0.25) is 17.7 Å². The highest BCUT2D eigenvalue weighted by Crippen LogP contribution is 2.25. The van der Waals surface area contributed by atoms with Crippen molar-refractivity contribution in [1.29, 1.82) is 5.26 Å². The monoisotopic (exact) mass is 377 g/mol. The Bertz CT molecular complexity index is 701. The van der Waals surface area contributed by atoms with Crippen LogP contribution in [0.5, 0.6) is 0 Å². The Morgan fingerprint density at radius 1 is 1.15 bits per heavy atom. The number of furan rings is 1. The molecule has 9 heteroatoms. The fraction of sp³-hybridized carbons (Fsp3) is 0.611. The Morgan fingerprint density at radius 2 is 1.74 bits per heavy atom.